The van der Waals surface area contributed by atoms with Gasteiger partial charge in [-0.1, -0.05) is 50.9 Å². The number of alkyl halides is 1. The van der Waals surface area contributed by atoms with Gasteiger partial charge in [-0.2, -0.15) is 0 Å². The van der Waals surface area contributed by atoms with Gasteiger partial charge < -0.3 is 0 Å². The van der Waals surface area contributed by atoms with Crippen LogP contribution in [0.4, 0.5) is 0 Å². The van der Waals surface area contributed by atoms with E-state index in [2.05, 4.69) is 63.0 Å². The van der Waals surface area contributed by atoms with Crippen LogP contribution in [-0.2, 0) is 6.42 Å². The molecule has 0 saturated heterocycles. The third kappa shape index (κ3) is 4.28. The molecule has 72 valence electrons. The highest BCUT2D eigenvalue weighted by molar-refractivity contribution is 9.10. The molecule has 0 aliphatic rings. The number of halogens is 2. The van der Waals surface area contributed by atoms with Crippen LogP contribution in [-0.4, -0.2) is 4.83 Å². The number of benzene rings is 1. The van der Waals surface area contributed by atoms with Gasteiger partial charge in [-0.05, 0) is 37.0 Å². The molecular formula is C11H14Br2. The Morgan fingerprint density at radius 1 is 1.38 bits per heavy atom. The zero-order valence-corrected chi connectivity index (χ0v) is 10.9. The SMILES string of the molecule is CCC(Br)CCc1cccc(Br)c1. The van der Waals surface area contributed by atoms with Crippen LogP contribution in [0.25, 0.3) is 0 Å². The molecule has 1 aromatic rings. The largest absolute Gasteiger partial charge is 0.0891 e. The first-order valence-electron chi connectivity index (χ1n) is 4.61. The maximum atomic E-state index is 3.64. The molecule has 1 atom stereocenters. The van der Waals surface area contributed by atoms with Gasteiger partial charge in [0.2, 0.25) is 0 Å². The van der Waals surface area contributed by atoms with E-state index in [4.69, 9.17) is 0 Å². The van der Waals surface area contributed by atoms with Gasteiger partial charge in [0, 0.05) is 9.30 Å². The molecule has 1 unspecified atom stereocenters. The number of rotatable bonds is 4. The molecule has 2 heteroatoms. The summed E-state index contributed by atoms with van der Waals surface area (Å²) in [6.07, 6.45) is 3.57. The summed E-state index contributed by atoms with van der Waals surface area (Å²) in [6.45, 7) is 2.21. The Balaban J connectivity index is 2.45. The summed E-state index contributed by atoms with van der Waals surface area (Å²) in [5.74, 6) is 0. The Labute approximate surface area is 97.0 Å². The van der Waals surface area contributed by atoms with Crippen LogP contribution in [0.5, 0.6) is 0 Å². The number of aryl methyl sites for hydroxylation is 1. The molecule has 13 heavy (non-hydrogen) atoms. The van der Waals surface area contributed by atoms with E-state index < -0.39 is 0 Å². The van der Waals surface area contributed by atoms with Crippen molar-refractivity contribution in [1.29, 1.82) is 0 Å². The van der Waals surface area contributed by atoms with Gasteiger partial charge in [-0.25, -0.2) is 0 Å². The first kappa shape index (κ1) is 11.3. The predicted molar refractivity (Wildman–Crippen MR) is 65.5 cm³/mol. The molecule has 1 rings (SSSR count). The fourth-order valence-electron chi connectivity index (χ4n) is 1.22. The predicted octanol–water partition coefficient (Wildman–Crippen LogP) is 4.56. The normalized spacial score (nSPS) is 12.8. The Bertz CT molecular complexity index is 258. The van der Waals surface area contributed by atoms with E-state index in [0.29, 0.717) is 4.83 Å². The smallest absolute Gasteiger partial charge is 0.0177 e. The fourth-order valence-corrected chi connectivity index (χ4v) is 1.90. The molecule has 0 N–H and O–H groups in total. The molecular weight excluding hydrogens is 292 g/mol. The van der Waals surface area contributed by atoms with Crippen molar-refractivity contribution < 1.29 is 0 Å². The molecule has 0 radical (unpaired) electrons. The maximum absolute atomic E-state index is 3.64. The highest BCUT2D eigenvalue weighted by Gasteiger charge is 2.01. The molecule has 0 aromatic heterocycles. The summed E-state index contributed by atoms with van der Waals surface area (Å²) < 4.78 is 1.17. The third-order valence-electron chi connectivity index (χ3n) is 2.08. The number of hydrogen-bond acceptors (Lipinski definition) is 0. The van der Waals surface area contributed by atoms with Gasteiger partial charge in [0.1, 0.15) is 0 Å². The molecule has 0 aliphatic heterocycles. The molecule has 0 bridgehead atoms. The van der Waals surface area contributed by atoms with Crippen molar-refractivity contribution in [3.63, 3.8) is 0 Å². The van der Waals surface area contributed by atoms with Gasteiger partial charge in [0.05, 0.1) is 0 Å². The Hall–Kier alpha value is 0.180. The fraction of sp³-hybridized carbons (Fsp3) is 0.455. The van der Waals surface area contributed by atoms with E-state index in [1.54, 1.807) is 0 Å². The first-order valence-corrected chi connectivity index (χ1v) is 6.31. The zero-order valence-electron chi connectivity index (χ0n) is 7.76. The minimum atomic E-state index is 0.659. The summed E-state index contributed by atoms with van der Waals surface area (Å²) >= 11 is 7.12. The highest BCUT2D eigenvalue weighted by atomic mass is 79.9. The van der Waals surface area contributed by atoms with Crippen LogP contribution in [0.1, 0.15) is 25.3 Å². The second-order valence-corrected chi connectivity index (χ2v) is 5.38. The second kappa shape index (κ2) is 5.82. The molecule has 0 nitrogen and oxygen atoms in total. The lowest BCUT2D eigenvalue weighted by atomic mass is 10.1. The van der Waals surface area contributed by atoms with Crippen LogP contribution >= 0.6 is 31.9 Å². The van der Waals surface area contributed by atoms with Gasteiger partial charge in [0.15, 0.2) is 0 Å². The van der Waals surface area contributed by atoms with Crippen molar-refractivity contribution in [3.05, 3.63) is 34.3 Å². The monoisotopic (exact) mass is 304 g/mol. The van der Waals surface area contributed by atoms with Crippen molar-refractivity contribution in [1.82, 2.24) is 0 Å². The van der Waals surface area contributed by atoms with E-state index in [1.807, 2.05) is 0 Å². The lowest BCUT2D eigenvalue weighted by Crippen LogP contribution is -1.97. The van der Waals surface area contributed by atoms with E-state index in [0.717, 1.165) is 6.42 Å². The Kier molecular flexibility index (Phi) is 5.04. The molecule has 0 heterocycles. The van der Waals surface area contributed by atoms with Crippen LogP contribution < -0.4 is 0 Å². The molecule has 0 spiro atoms. The average Bonchev–Trinajstić information content (AvgIpc) is 2.14. The van der Waals surface area contributed by atoms with Gasteiger partial charge in [-0.3, -0.25) is 0 Å². The van der Waals surface area contributed by atoms with E-state index in [9.17, 15) is 0 Å². The average molecular weight is 306 g/mol. The van der Waals surface area contributed by atoms with E-state index >= 15 is 0 Å². The summed E-state index contributed by atoms with van der Waals surface area (Å²) in [4.78, 5) is 0.659. The van der Waals surface area contributed by atoms with Gasteiger partial charge in [0.25, 0.3) is 0 Å². The Morgan fingerprint density at radius 3 is 2.77 bits per heavy atom. The minimum absolute atomic E-state index is 0.659. The summed E-state index contributed by atoms with van der Waals surface area (Å²) in [7, 11) is 0. The van der Waals surface area contributed by atoms with Gasteiger partial charge >= 0.3 is 0 Å². The third-order valence-corrected chi connectivity index (χ3v) is 3.68. The quantitative estimate of drug-likeness (QED) is 0.716. The molecule has 0 amide bonds. The van der Waals surface area contributed by atoms with E-state index in [1.165, 1.54) is 22.9 Å². The van der Waals surface area contributed by atoms with Crippen molar-refractivity contribution in [2.75, 3.05) is 0 Å². The van der Waals surface area contributed by atoms with Crippen LogP contribution in [0.3, 0.4) is 0 Å². The van der Waals surface area contributed by atoms with Crippen LogP contribution in [0.2, 0.25) is 0 Å². The second-order valence-electron chi connectivity index (χ2n) is 3.17. The first-order chi connectivity index (χ1) is 6.22. The van der Waals surface area contributed by atoms with E-state index in [-0.39, 0.29) is 0 Å². The van der Waals surface area contributed by atoms with Crippen molar-refractivity contribution in [2.45, 2.75) is 31.0 Å². The van der Waals surface area contributed by atoms with Gasteiger partial charge in [-0.15, -0.1) is 0 Å². The summed E-state index contributed by atoms with van der Waals surface area (Å²) in [5, 5.41) is 0. The molecule has 0 fully saturated rings. The minimum Gasteiger partial charge on any atom is -0.0891 e. The summed E-state index contributed by atoms with van der Waals surface area (Å²) in [6, 6.07) is 8.53. The Morgan fingerprint density at radius 2 is 2.15 bits per heavy atom. The van der Waals surface area contributed by atoms with Crippen molar-refractivity contribution in [3.8, 4) is 0 Å². The number of hydrogen-bond donors (Lipinski definition) is 0. The molecule has 0 saturated carbocycles. The van der Waals surface area contributed by atoms with Crippen LogP contribution in [0.15, 0.2) is 28.7 Å². The topological polar surface area (TPSA) is 0 Å². The van der Waals surface area contributed by atoms with Crippen molar-refractivity contribution in [2.24, 2.45) is 0 Å². The highest BCUT2D eigenvalue weighted by Crippen LogP contribution is 2.16. The standard InChI is InChI=1S/C11H14Br2/c1-2-10(12)7-6-9-4-3-5-11(13)8-9/h3-5,8,10H,2,6-7H2,1H3. The lowest BCUT2D eigenvalue weighted by Gasteiger charge is -2.06. The van der Waals surface area contributed by atoms with Crippen molar-refractivity contribution >= 4 is 31.9 Å². The lowest BCUT2D eigenvalue weighted by molar-refractivity contribution is 0.746. The molecule has 0 aliphatic carbocycles. The van der Waals surface area contributed by atoms with Crippen LogP contribution in [0, 0.1) is 0 Å². The molecule has 1 aromatic carbocycles. The summed E-state index contributed by atoms with van der Waals surface area (Å²) in [5.41, 5.74) is 1.41. The maximum Gasteiger partial charge on any atom is 0.0177 e. The zero-order chi connectivity index (χ0) is 9.68.